The average Bonchev–Trinajstić information content (AvgIpc) is 3.27. The normalized spacial score (nSPS) is 14.2. The van der Waals surface area contributed by atoms with Crippen molar-refractivity contribution in [1.29, 1.82) is 0 Å². The molecule has 2 aromatic carbocycles. The molecule has 0 saturated carbocycles. The molecular formula is C23H20N2O5. The number of allylic oxidation sites excluding steroid dienone is 1. The molecule has 0 N–H and O–H groups in total. The first-order chi connectivity index (χ1) is 14.6. The first kappa shape index (κ1) is 19.6. The summed E-state index contributed by atoms with van der Waals surface area (Å²) in [5.41, 5.74) is 2.43. The minimum absolute atomic E-state index is 0.0238. The number of ether oxygens (including phenoxy) is 1. The second-order valence-electron chi connectivity index (χ2n) is 6.85. The third-order valence-corrected chi connectivity index (χ3v) is 4.92. The van der Waals surface area contributed by atoms with Gasteiger partial charge in [-0.15, -0.1) is 0 Å². The van der Waals surface area contributed by atoms with E-state index in [-0.39, 0.29) is 11.5 Å². The van der Waals surface area contributed by atoms with Crippen LogP contribution in [0.5, 0.6) is 0 Å². The minimum atomic E-state index is -0.445. The molecule has 7 heteroatoms. The van der Waals surface area contributed by atoms with Gasteiger partial charge < -0.3 is 14.1 Å². The summed E-state index contributed by atoms with van der Waals surface area (Å²) >= 11 is 0. The number of nitrogens with zero attached hydrogens (tertiary/aromatic N) is 2. The summed E-state index contributed by atoms with van der Waals surface area (Å²) in [6.07, 6.45) is 3.09. The molecule has 0 bridgehead atoms. The highest BCUT2D eigenvalue weighted by atomic mass is 16.6. The molecule has 30 heavy (non-hydrogen) atoms. The standard InChI is InChI=1S/C23H20N2O5/c26-22(17-1-5-19(6-2-17)24-13-15-29-16-14-24)11-9-21-10-12-23(30-21)18-3-7-20(8-4-18)25(27)28/h1-12H,13-16H2. The van der Waals surface area contributed by atoms with E-state index in [2.05, 4.69) is 4.90 Å². The van der Waals surface area contributed by atoms with Gasteiger partial charge in [-0.25, -0.2) is 0 Å². The maximum Gasteiger partial charge on any atom is 0.269 e. The maximum atomic E-state index is 12.5. The van der Waals surface area contributed by atoms with Crippen LogP contribution in [-0.2, 0) is 4.74 Å². The molecule has 4 rings (SSSR count). The number of furan rings is 1. The number of nitro benzene ring substituents is 1. The fraction of sp³-hybridized carbons (Fsp3) is 0.174. The molecule has 0 spiro atoms. The van der Waals surface area contributed by atoms with Crippen LogP contribution in [0.4, 0.5) is 11.4 Å². The number of nitro groups is 1. The predicted octanol–water partition coefficient (Wildman–Crippen LogP) is 4.59. The molecule has 0 radical (unpaired) electrons. The van der Waals surface area contributed by atoms with Gasteiger partial charge in [-0.2, -0.15) is 0 Å². The van der Waals surface area contributed by atoms with Crippen molar-refractivity contribution in [2.24, 2.45) is 0 Å². The Labute approximate surface area is 173 Å². The number of hydrogen-bond acceptors (Lipinski definition) is 6. The van der Waals surface area contributed by atoms with Gasteiger partial charge in [0.15, 0.2) is 5.78 Å². The minimum Gasteiger partial charge on any atom is -0.457 e. The van der Waals surface area contributed by atoms with E-state index in [9.17, 15) is 14.9 Å². The molecule has 0 unspecified atom stereocenters. The number of hydrogen-bond donors (Lipinski definition) is 0. The van der Waals surface area contributed by atoms with Gasteiger partial charge in [0, 0.05) is 42.0 Å². The average molecular weight is 404 g/mol. The number of carbonyl (C=O) groups excluding carboxylic acids is 1. The van der Waals surface area contributed by atoms with Crippen molar-refractivity contribution < 1.29 is 18.9 Å². The second kappa shape index (κ2) is 8.75. The Hall–Kier alpha value is -3.71. The Morgan fingerprint density at radius 3 is 2.33 bits per heavy atom. The lowest BCUT2D eigenvalue weighted by molar-refractivity contribution is -0.384. The van der Waals surface area contributed by atoms with Crippen LogP contribution < -0.4 is 4.90 Å². The van der Waals surface area contributed by atoms with Crippen LogP contribution >= 0.6 is 0 Å². The molecule has 7 nitrogen and oxygen atoms in total. The van der Waals surface area contributed by atoms with Crippen LogP contribution in [0.2, 0.25) is 0 Å². The summed E-state index contributed by atoms with van der Waals surface area (Å²) in [6.45, 7) is 3.13. The lowest BCUT2D eigenvalue weighted by atomic mass is 10.1. The first-order valence-corrected chi connectivity index (χ1v) is 9.60. The van der Waals surface area contributed by atoms with Crippen molar-refractivity contribution in [2.45, 2.75) is 0 Å². The van der Waals surface area contributed by atoms with E-state index in [0.29, 0.717) is 30.3 Å². The number of non-ortho nitro benzene ring substituents is 1. The second-order valence-corrected chi connectivity index (χ2v) is 6.85. The van der Waals surface area contributed by atoms with Crippen LogP contribution in [0, 0.1) is 10.1 Å². The molecule has 152 valence electrons. The highest BCUT2D eigenvalue weighted by Gasteiger charge is 2.12. The third-order valence-electron chi connectivity index (χ3n) is 4.92. The van der Waals surface area contributed by atoms with E-state index in [1.54, 1.807) is 30.3 Å². The molecule has 3 aromatic rings. The maximum absolute atomic E-state index is 12.5. The zero-order valence-electron chi connectivity index (χ0n) is 16.2. The molecule has 1 aliphatic heterocycles. The highest BCUT2D eigenvalue weighted by Crippen LogP contribution is 2.25. The van der Waals surface area contributed by atoms with E-state index >= 15 is 0 Å². The largest absolute Gasteiger partial charge is 0.457 e. The third kappa shape index (κ3) is 4.47. The summed E-state index contributed by atoms with van der Waals surface area (Å²) in [5.74, 6) is 0.991. The van der Waals surface area contributed by atoms with Gasteiger partial charge in [0.1, 0.15) is 11.5 Å². The molecule has 0 atom stereocenters. The lowest BCUT2D eigenvalue weighted by Gasteiger charge is -2.28. The lowest BCUT2D eigenvalue weighted by Crippen LogP contribution is -2.36. The van der Waals surface area contributed by atoms with E-state index in [0.717, 1.165) is 24.3 Å². The zero-order valence-corrected chi connectivity index (χ0v) is 16.2. The quantitative estimate of drug-likeness (QED) is 0.259. The number of morpholine rings is 1. The van der Waals surface area contributed by atoms with Crippen molar-refractivity contribution in [2.75, 3.05) is 31.2 Å². The number of benzene rings is 2. The summed E-state index contributed by atoms with van der Waals surface area (Å²) in [4.78, 5) is 25.0. The number of anilines is 1. The van der Waals surface area contributed by atoms with Crippen LogP contribution in [0.3, 0.4) is 0 Å². The fourth-order valence-corrected chi connectivity index (χ4v) is 3.26. The molecule has 0 aliphatic carbocycles. The van der Waals surface area contributed by atoms with E-state index < -0.39 is 4.92 Å². The fourth-order valence-electron chi connectivity index (χ4n) is 3.26. The Morgan fingerprint density at radius 1 is 0.967 bits per heavy atom. The van der Waals surface area contributed by atoms with Gasteiger partial charge in [-0.05, 0) is 60.7 Å². The van der Waals surface area contributed by atoms with Crippen molar-refractivity contribution in [3.8, 4) is 11.3 Å². The smallest absolute Gasteiger partial charge is 0.269 e. The van der Waals surface area contributed by atoms with Gasteiger partial charge in [-0.3, -0.25) is 14.9 Å². The van der Waals surface area contributed by atoms with Gasteiger partial charge in [0.05, 0.1) is 18.1 Å². The summed E-state index contributed by atoms with van der Waals surface area (Å²) in [6, 6.07) is 17.2. The van der Waals surface area contributed by atoms with E-state index in [1.165, 1.54) is 18.2 Å². The molecule has 0 amide bonds. The summed E-state index contributed by atoms with van der Waals surface area (Å²) < 4.78 is 11.1. The molecular weight excluding hydrogens is 384 g/mol. The highest BCUT2D eigenvalue weighted by molar-refractivity contribution is 6.06. The monoisotopic (exact) mass is 404 g/mol. The number of rotatable bonds is 6. The number of ketones is 1. The van der Waals surface area contributed by atoms with Crippen molar-refractivity contribution in [3.63, 3.8) is 0 Å². The Kier molecular flexibility index (Phi) is 5.72. The van der Waals surface area contributed by atoms with Gasteiger partial charge >= 0.3 is 0 Å². The predicted molar refractivity (Wildman–Crippen MR) is 114 cm³/mol. The van der Waals surface area contributed by atoms with Crippen LogP contribution in [0.15, 0.2) is 71.2 Å². The summed E-state index contributed by atoms with van der Waals surface area (Å²) in [7, 11) is 0. The van der Waals surface area contributed by atoms with Crippen LogP contribution in [0.1, 0.15) is 16.1 Å². The summed E-state index contributed by atoms with van der Waals surface area (Å²) in [5, 5.41) is 10.8. The van der Waals surface area contributed by atoms with Crippen molar-refractivity contribution in [1.82, 2.24) is 0 Å². The zero-order chi connectivity index (χ0) is 20.9. The molecule has 1 aliphatic rings. The van der Waals surface area contributed by atoms with E-state index in [4.69, 9.17) is 9.15 Å². The van der Waals surface area contributed by atoms with E-state index in [1.807, 2.05) is 24.3 Å². The Balaban J connectivity index is 1.41. The molecule has 1 saturated heterocycles. The Bertz CT molecular complexity index is 1060. The van der Waals surface area contributed by atoms with Crippen LogP contribution in [-0.4, -0.2) is 37.0 Å². The topological polar surface area (TPSA) is 85.8 Å². The molecule has 2 heterocycles. The Morgan fingerprint density at radius 2 is 1.67 bits per heavy atom. The number of carbonyl (C=O) groups is 1. The molecule has 1 fully saturated rings. The molecule has 1 aromatic heterocycles. The van der Waals surface area contributed by atoms with Gasteiger partial charge in [0.2, 0.25) is 0 Å². The van der Waals surface area contributed by atoms with Crippen LogP contribution in [0.25, 0.3) is 17.4 Å². The first-order valence-electron chi connectivity index (χ1n) is 9.60. The van der Waals surface area contributed by atoms with Crippen molar-refractivity contribution >= 4 is 23.2 Å². The van der Waals surface area contributed by atoms with Gasteiger partial charge in [-0.1, -0.05) is 0 Å². The van der Waals surface area contributed by atoms with Gasteiger partial charge in [0.25, 0.3) is 5.69 Å². The van der Waals surface area contributed by atoms with Crippen molar-refractivity contribution in [3.05, 3.63) is 88.2 Å². The SMILES string of the molecule is O=C(C=Cc1ccc(-c2ccc([N+](=O)[O-])cc2)o1)c1ccc(N2CCOCC2)cc1.